The van der Waals surface area contributed by atoms with Gasteiger partial charge in [0.05, 0.1) is 17.7 Å². The van der Waals surface area contributed by atoms with E-state index >= 15 is 0 Å². The summed E-state index contributed by atoms with van der Waals surface area (Å²) in [4.78, 5) is 19.1. The van der Waals surface area contributed by atoms with Gasteiger partial charge in [-0.3, -0.25) is 9.69 Å². The van der Waals surface area contributed by atoms with Gasteiger partial charge in [0, 0.05) is 24.3 Å². The van der Waals surface area contributed by atoms with E-state index in [1.54, 1.807) is 12.3 Å². The zero-order valence-electron chi connectivity index (χ0n) is 15.7. The van der Waals surface area contributed by atoms with Crippen LogP contribution < -0.4 is 5.32 Å². The molecule has 29 heavy (non-hydrogen) atoms. The van der Waals surface area contributed by atoms with E-state index in [-0.39, 0.29) is 17.4 Å². The number of carbonyl (C=O) groups excluding carboxylic acids is 1. The second-order valence-corrected chi connectivity index (χ2v) is 9.24. The maximum absolute atomic E-state index is 13.2. The van der Waals surface area contributed by atoms with Crippen molar-refractivity contribution in [3.05, 3.63) is 72.8 Å². The molecule has 2 heterocycles. The highest BCUT2D eigenvalue weighted by atomic mass is 32.2. The van der Waals surface area contributed by atoms with Gasteiger partial charge in [0.25, 0.3) is 0 Å². The minimum absolute atomic E-state index is 0.0601. The van der Waals surface area contributed by atoms with Gasteiger partial charge in [0.15, 0.2) is 22.0 Å². The summed E-state index contributed by atoms with van der Waals surface area (Å²) < 4.78 is 29.0. The first-order valence-electron chi connectivity index (χ1n) is 9.31. The van der Waals surface area contributed by atoms with Gasteiger partial charge in [-0.2, -0.15) is 0 Å². The molecule has 0 saturated carbocycles. The molecule has 7 nitrogen and oxygen atoms in total. The Morgan fingerprint density at radius 3 is 2.52 bits per heavy atom. The first-order valence-corrected chi connectivity index (χ1v) is 11.1. The summed E-state index contributed by atoms with van der Waals surface area (Å²) in [6.45, 7) is 0.654. The van der Waals surface area contributed by atoms with E-state index in [4.69, 9.17) is 4.42 Å². The Labute approximate surface area is 169 Å². The van der Waals surface area contributed by atoms with Crippen LogP contribution >= 0.6 is 0 Å². The van der Waals surface area contributed by atoms with Crippen molar-refractivity contribution in [1.29, 1.82) is 0 Å². The van der Waals surface area contributed by atoms with Crippen LogP contribution in [0.3, 0.4) is 0 Å². The summed E-state index contributed by atoms with van der Waals surface area (Å²) in [5.41, 5.74) is 2.27. The van der Waals surface area contributed by atoms with E-state index in [0.717, 1.165) is 11.1 Å². The van der Waals surface area contributed by atoms with Crippen LogP contribution in [-0.4, -0.2) is 48.8 Å². The Bertz CT molecular complexity index is 1070. The molecule has 1 atom stereocenters. The van der Waals surface area contributed by atoms with Crippen LogP contribution in [0.15, 0.2) is 71.6 Å². The summed E-state index contributed by atoms with van der Waals surface area (Å²) in [5, 5.41) is 2.97. The minimum atomic E-state index is -3.04. The Hall–Kier alpha value is -2.97. The molecule has 0 spiro atoms. The lowest BCUT2D eigenvalue weighted by Gasteiger charge is -2.33. The fraction of sp³-hybridized carbons (Fsp3) is 0.238. The van der Waals surface area contributed by atoms with E-state index in [1.807, 2.05) is 53.4 Å². The van der Waals surface area contributed by atoms with Gasteiger partial charge in [-0.15, -0.1) is 0 Å². The lowest BCUT2D eigenvalue weighted by atomic mass is 10.0. The van der Waals surface area contributed by atoms with Crippen molar-refractivity contribution in [2.45, 2.75) is 6.04 Å². The summed E-state index contributed by atoms with van der Waals surface area (Å²) in [5.74, 6) is 0.530. The van der Waals surface area contributed by atoms with E-state index in [2.05, 4.69) is 10.3 Å². The number of rotatable bonds is 5. The van der Waals surface area contributed by atoms with Gasteiger partial charge in [-0.25, -0.2) is 13.4 Å². The van der Waals surface area contributed by atoms with Crippen LogP contribution in [0.1, 0.15) is 11.6 Å². The lowest BCUT2D eigenvalue weighted by Crippen LogP contribution is -2.46. The van der Waals surface area contributed by atoms with Gasteiger partial charge < -0.3 is 9.73 Å². The molecule has 3 aromatic rings. The number of hydrogen-bond donors (Lipinski definition) is 1. The smallest absolute Gasteiger partial charge is 0.246 e. The van der Waals surface area contributed by atoms with Crippen molar-refractivity contribution in [3.8, 4) is 11.3 Å². The van der Waals surface area contributed by atoms with Crippen molar-refractivity contribution in [1.82, 2.24) is 9.88 Å². The van der Waals surface area contributed by atoms with Crippen LogP contribution in [0, 0.1) is 0 Å². The molecule has 1 fully saturated rings. The zero-order chi connectivity index (χ0) is 20.3. The van der Waals surface area contributed by atoms with Crippen LogP contribution in [0.25, 0.3) is 11.3 Å². The molecule has 150 valence electrons. The molecule has 8 heteroatoms. The molecule has 1 unspecified atom stereocenters. The number of aromatic nitrogens is 1. The number of carbonyl (C=O) groups is 1. The summed E-state index contributed by atoms with van der Waals surface area (Å²) in [6.07, 6.45) is 2.97. The summed E-state index contributed by atoms with van der Waals surface area (Å²) in [7, 11) is -3.04. The van der Waals surface area contributed by atoms with E-state index in [9.17, 15) is 13.2 Å². The molecule has 1 aliphatic heterocycles. The second-order valence-electron chi connectivity index (χ2n) is 6.94. The maximum Gasteiger partial charge on any atom is 0.246 e. The third-order valence-electron chi connectivity index (χ3n) is 4.95. The monoisotopic (exact) mass is 411 g/mol. The number of nitrogens with one attached hydrogen (secondary N) is 1. The van der Waals surface area contributed by atoms with Gasteiger partial charge >= 0.3 is 0 Å². The third kappa shape index (κ3) is 4.55. The highest BCUT2D eigenvalue weighted by Crippen LogP contribution is 2.26. The number of nitrogens with zero attached hydrogens (tertiary/aromatic N) is 2. The van der Waals surface area contributed by atoms with Crippen LogP contribution in [0.5, 0.6) is 0 Å². The van der Waals surface area contributed by atoms with Crippen LogP contribution in [0.4, 0.5) is 5.69 Å². The normalized spacial score (nSPS) is 17.5. The van der Waals surface area contributed by atoms with Crippen LogP contribution in [0.2, 0.25) is 0 Å². The molecule has 0 bridgehead atoms. The Balaban J connectivity index is 1.58. The fourth-order valence-electron chi connectivity index (χ4n) is 3.47. The van der Waals surface area contributed by atoms with Gasteiger partial charge in [0.1, 0.15) is 6.04 Å². The molecule has 0 radical (unpaired) electrons. The van der Waals surface area contributed by atoms with Crippen molar-refractivity contribution in [3.63, 3.8) is 0 Å². The highest BCUT2D eigenvalue weighted by molar-refractivity contribution is 7.91. The Kier molecular flexibility index (Phi) is 5.46. The molecule has 0 aliphatic carbocycles. The fourth-order valence-corrected chi connectivity index (χ4v) is 4.70. The lowest BCUT2D eigenvalue weighted by molar-refractivity contribution is -0.121. The van der Waals surface area contributed by atoms with Gasteiger partial charge in [-0.05, 0) is 17.7 Å². The predicted octanol–water partition coefficient (Wildman–Crippen LogP) is 2.75. The molecular weight excluding hydrogens is 390 g/mol. The zero-order valence-corrected chi connectivity index (χ0v) is 16.5. The van der Waals surface area contributed by atoms with E-state index in [1.165, 1.54) is 6.39 Å². The van der Waals surface area contributed by atoms with Gasteiger partial charge in [-0.1, -0.05) is 42.5 Å². The first kappa shape index (κ1) is 19.4. The van der Waals surface area contributed by atoms with Gasteiger partial charge in [0.2, 0.25) is 5.91 Å². The molecule has 1 N–H and O–H groups in total. The highest BCUT2D eigenvalue weighted by Gasteiger charge is 2.32. The first-order chi connectivity index (χ1) is 14.0. The number of hydrogen-bond acceptors (Lipinski definition) is 6. The number of anilines is 1. The number of oxazole rings is 1. The average molecular weight is 411 g/mol. The Morgan fingerprint density at radius 1 is 1.07 bits per heavy atom. The molecule has 1 saturated heterocycles. The molecule has 1 aliphatic rings. The molecular formula is C21H21N3O4S. The topological polar surface area (TPSA) is 92.5 Å². The predicted molar refractivity (Wildman–Crippen MR) is 110 cm³/mol. The second kappa shape index (κ2) is 8.18. The van der Waals surface area contributed by atoms with Crippen LogP contribution in [-0.2, 0) is 14.6 Å². The van der Waals surface area contributed by atoms with E-state index in [0.29, 0.717) is 24.5 Å². The summed E-state index contributed by atoms with van der Waals surface area (Å²) in [6, 6.07) is 16.2. The molecule has 2 aromatic carbocycles. The van der Waals surface area contributed by atoms with Crippen molar-refractivity contribution in [2.75, 3.05) is 29.9 Å². The molecule has 1 amide bonds. The average Bonchev–Trinajstić information content (AvgIpc) is 3.25. The number of sulfone groups is 1. The van der Waals surface area contributed by atoms with Crippen molar-refractivity contribution < 1.29 is 17.6 Å². The Morgan fingerprint density at radius 2 is 1.83 bits per heavy atom. The largest absolute Gasteiger partial charge is 0.444 e. The third-order valence-corrected chi connectivity index (χ3v) is 6.56. The quantitative estimate of drug-likeness (QED) is 0.694. The molecule has 4 rings (SSSR count). The number of amides is 1. The molecule has 1 aromatic heterocycles. The SMILES string of the molecule is O=C(Nc1cccc(-c2cnco2)c1)C(c1ccccc1)N1CCS(=O)(=O)CC1. The number of benzene rings is 2. The maximum atomic E-state index is 13.2. The summed E-state index contributed by atoms with van der Waals surface area (Å²) >= 11 is 0. The van der Waals surface area contributed by atoms with E-state index < -0.39 is 15.9 Å². The minimum Gasteiger partial charge on any atom is -0.444 e. The standard InChI is InChI=1S/C21H21N3O4S/c25-21(23-18-8-4-7-17(13-18)19-14-22-15-28-19)20(16-5-2-1-3-6-16)24-9-11-29(26,27)12-10-24/h1-8,13-15,20H,9-12H2,(H,23,25). The van der Waals surface area contributed by atoms with Crippen molar-refractivity contribution >= 4 is 21.4 Å². The van der Waals surface area contributed by atoms with Crippen molar-refractivity contribution in [2.24, 2.45) is 0 Å².